The molecule has 1 N–H and O–H groups in total. The van der Waals surface area contributed by atoms with Crippen molar-refractivity contribution in [3.05, 3.63) is 35.4 Å². The Morgan fingerprint density at radius 1 is 1.18 bits per heavy atom. The molecule has 0 heterocycles. The molecule has 0 aliphatic rings. The highest BCUT2D eigenvalue weighted by molar-refractivity contribution is 5.75. The molecule has 94 valence electrons. The second kappa shape index (κ2) is 7.07. The van der Waals surface area contributed by atoms with E-state index in [0.717, 1.165) is 18.5 Å². The third-order valence-corrected chi connectivity index (χ3v) is 2.49. The normalized spacial score (nSPS) is 10.6. The van der Waals surface area contributed by atoms with E-state index in [-0.39, 0.29) is 5.91 Å². The van der Waals surface area contributed by atoms with Crippen LogP contribution in [0.25, 0.3) is 0 Å². The highest BCUT2D eigenvalue weighted by Crippen LogP contribution is 2.06. The van der Waals surface area contributed by atoms with Gasteiger partial charge in [-0.3, -0.25) is 4.79 Å². The van der Waals surface area contributed by atoms with Gasteiger partial charge in [0, 0.05) is 19.5 Å². The molecular formula is C14H22N2O. The van der Waals surface area contributed by atoms with Crippen LogP contribution in [-0.4, -0.2) is 24.9 Å². The van der Waals surface area contributed by atoms with Crippen molar-refractivity contribution < 1.29 is 4.79 Å². The Labute approximate surface area is 104 Å². The van der Waals surface area contributed by atoms with Crippen LogP contribution in [0, 0.1) is 0 Å². The van der Waals surface area contributed by atoms with E-state index >= 15 is 0 Å². The molecule has 0 saturated heterocycles. The molecule has 0 aromatic heterocycles. The van der Waals surface area contributed by atoms with Crippen LogP contribution >= 0.6 is 0 Å². The van der Waals surface area contributed by atoms with E-state index in [2.05, 4.69) is 48.6 Å². The van der Waals surface area contributed by atoms with Gasteiger partial charge in [0.05, 0.1) is 0 Å². The number of benzene rings is 1. The third-order valence-electron chi connectivity index (χ3n) is 2.49. The summed E-state index contributed by atoms with van der Waals surface area (Å²) in [7, 11) is 4.11. The monoisotopic (exact) mass is 234 g/mol. The average molecular weight is 234 g/mol. The number of hydrogen-bond donors (Lipinski definition) is 1. The van der Waals surface area contributed by atoms with Crippen LogP contribution in [0.5, 0.6) is 0 Å². The number of nitrogens with one attached hydrogen (secondary N) is 1. The van der Waals surface area contributed by atoms with Crippen LogP contribution in [0.1, 0.15) is 30.9 Å². The second-order valence-electron chi connectivity index (χ2n) is 4.58. The van der Waals surface area contributed by atoms with Crippen LogP contribution in [0.2, 0.25) is 0 Å². The zero-order valence-corrected chi connectivity index (χ0v) is 11.0. The van der Waals surface area contributed by atoms with Crippen molar-refractivity contribution in [3.63, 3.8) is 0 Å². The maximum absolute atomic E-state index is 11.3. The van der Waals surface area contributed by atoms with Crippen molar-refractivity contribution in [2.75, 3.05) is 14.1 Å². The van der Waals surface area contributed by atoms with Crippen LogP contribution in [0.15, 0.2) is 24.3 Å². The standard InChI is InChI=1S/C14H22N2O/c1-4-5-14(17)15-10-12-6-8-13(9-7-12)11-16(2)3/h6-9H,4-5,10-11H2,1-3H3,(H,15,17). The largest absolute Gasteiger partial charge is 0.352 e. The smallest absolute Gasteiger partial charge is 0.220 e. The highest BCUT2D eigenvalue weighted by Gasteiger charge is 2.00. The lowest BCUT2D eigenvalue weighted by molar-refractivity contribution is -0.121. The number of carbonyl (C=O) groups is 1. The number of rotatable bonds is 6. The Balaban J connectivity index is 2.42. The number of hydrogen-bond acceptors (Lipinski definition) is 2. The SMILES string of the molecule is CCCC(=O)NCc1ccc(CN(C)C)cc1. The van der Waals surface area contributed by atoms with E-state index in [1.807, 2.05) is 6.92 Å². The molecule has 0 fully saturated rings. The van der Waals surface area contributed by atoms with E-state index in [1.165, 1.54) is 5.56 Å². The van der Waals surface area contributed by atoms with Crippen molar-refractivity contribution in [2.45, 2.75) is 32.9 Å². The third kappa shape index (κ3) is 5.50. The molecule has 1 amide bonds. The number of carbonyl (C=O) groups excluding carboxylic acids is 1. The lowest BCUT2D eigenvalue weighted by Gasteiger charge is -2.10. The molecule has 0 unspecified atom stereocenters. The van der Waals surface area contributed by atoms with Crippen molar-refractivity contribution >= 4 is 5.91 Å². The van der Waals surface area contributed by atoms with Gasteiger partial charge in [0.1, 0.15) is 0 Å². The fourth-order valence-corrected chi connectivity index (χ4v) is 1.64. The number of amides is 1. The van der Waals surface area contributed by atoms with E-state index in [4.69, 9.17) is 0 Å². The Morgan fingerprint density at radius 2 is 1.76 bits per heavy atom. The first-order valence-electron chi connectivity index (χ1n) is 6.11. The van der Waals surface area contributed by atoms with Crippen molar-refractivity contribution in [3.8, 4) is 0 Å². The minimum absolute atomic E-state index is 0.130. The quantitative estimate of drug-likeness (QED) is 0.818. The maximum atomic E-state index is 11.3. The second-order valence-corrected chi connectivity index (χ2v) is 4.58. The Morgan fingerprint density at radius 3 is 2.29 bits per heavy atom. The molecule has 0 aliphatic carbocycles. The first-order chi connectivity index (χ1) is 8.11. The lowest BCUT2D eigenvalue weighted by atomic mass is 10.1. The van der Waals surface area contributed by atoms with E-state index in [1.54, 1.807) is 0 Å². The predicted molar refractivity (Wildman–Crippen MR) is 70.6 cm³/mol. The molecule has 1 rings (SSSR count). The van der Waals surface area contributed by atoms with Gasteiger partial charge in [-0.1, -0.05) is 31.2 Å². The van der Waals surface area contributed by atoms with E-state index in [9.17, 15) is 4.79 Å². The summed E-state index contributed by atoms with van der Waals surface area (Å²) in [5.74, 6) is 0.130. The fraction of sp³-hybridized carbons (Fsp3) is 0.500. The summed E-state index contributed by atoms with van der Waals surface area (Å²) in [5, 5.41) is 2.91. The van der Waals surface area contributed by atoms with Gasteiger partial charge in [0.25, 0.3) is 0 Å². The van der Waals surface area contributed by atoms with Crippen molar-refractivity contribution in [2.24, 2.45) is 0 Å². The summed E-state index contributed by atoms with van der Waals surface area (Å²) < 4.78 is 0. The minimum Gasteiger partial charge on any atom is -0.352 e. The molecule has 0 aliphatic heterocycles. The van der Waals surface area contributed by atoms with Crippen LogP contribution in [-0.2, 0) is 17.9 Å². The zero-order valence-electron chi connectivity index (χ0n) is 11.0. The Kier molecular flexibility index (Phi) is 5.70. The van der Waals surface area contributed by atoms with Gasteiger partial charge in [0.15, 0.2) is 0 Å². The summed E-state index contributed by atoms with van der Waals surface area (Å²) >= 11 is 0. The van der Waals surface area contributed by atoms with Gasteiger partial charge in [-0.2, -0.15) is 0 Å². The first-order valence-corrected chi connectivity index (χ1v) is 6.11. The van der Waals surface area contributed by atoms with Crippen molar-refractivity contribution in [1.82, 2.24) is 10.2 Å². The predicted octanol–water partition coefficient (Wildman–Crippen LogP) is 2.16. The van der Waals surface area contributed by atoms with Crippen LogP contribution < -0.4 is 5.32 Å². The van der Waals surface area contributed by atoms with Gasteiger partial charge < -0.3 is 10.2 Å². The molecule has 3 nitrogen and oxygen atoms in total. The molecule has 17 heavy (non-hydrogen) atoms. The molecule has 3 heteroatoms. The summed E-state index contributed by atoms with van der Waals surface area (Å²) in [6, 6.07) is 8.37. The van der Waals surface area contributed by atoms with Gasteiger partial charge in [0.2, 0.25) is 5.91 Å². The van der Waals surface area contributed by atoms with Crippen molar-refractivity contribution in [1.29, 1.82) is 0 Å². The molecular weight excluding hydrogens is 212 g/mol. The fourth-order valence-electron chi connectivity index (χ4n) is 1.64. The molecule has 0 radical (unpaired) electrons. The van der Waals surface area contributed by atoms with Gasteiger partial charge >= 0.3 is 0 Å². The number of nitrogens with zero attached hydrogens (tertiary/aromatic N) is 1. The Bertz CT molecular complexity index is 344. The Hall–Kier alpha value is -1.35. The zero-order chi connectivity index (χ0) is 12.7. The molecule has 1 aromatic carbocycles. The van der Waals surface area contributed by atoms with Crippen LogP contribution in [0.4, 0.5) is 0 Å². The van der Waals surface area contributed by atoms with Gasteiger partial charge in [-0.25, -0.2) is 0 Å². The van der Waals surface area contributed by atoms with Gasteiger partial charge in [-0.15, -0.1) is 0 Å². The molecule has 0 spiro atoms. The first kappa shape index (κ1) is 13.7. The lowest BCUT2D eigenvalue weighted by Crippen LogP contribution is -2.22. The summed E-state index contributed by atoms with van der Waals surface area (Å²) in [5.41, 5.74) is 2.44. The minimum atomic E-state index is 0.130. The van der Waals surface area contributed by atoms with Crippen LogP contribution in [0.3, 0.4) is 0 Å². The van der Waals surface area contributed by atoms with E-state index < -0.39 is 0 Å². The average Bonchev–Trinajstić information content (AvgIpc) is 2.28. The molecule has 0 atom stereocenters. The summed E-state index contributed by atoms with van der Waals surface area (Å²) in [4.78, 5) is 13.4. The molecule has 0 bridgehead atoms. The van der Waals surface area contributed by atoms with Gasteiger partial charge in [-0.05, 0) is 31.6 Å². The molecule has 1 aromatic rings. The highest BCUT2D eigenvalue weighted by atomic mass is 16.1. The summed E-state index contributed by atoms with van der Waals surface area (Å²) in [6.45, 7) is 3.58. The maximum Gasteiger partial charge on any atom is 0.220 e. The topological polar surface area (TPSA) is 32.3 Å². The van der Waals surface area contributed by atoms with E-state index in [0.29, 0.717) is 13.0 Å². The summed E-state index contributed by atoms with van der Waals surface area (Å²) in [6.07, 6.45) is 1.51. The molecule has 0 saturated carbocycles.